The lowest BCUT2D eigenvalue weighted by Crippen LogP contribution is -2.52. The summed E-state index contributed by atoms with van der Waals surface area (Å²) in [6.45, 7) is 3.46. The predicted octanol–water partition coefficient (Wildman–Crippen LogP) is 1.76. The van der Waals surface area contributed by atoms with Gasteiger partial charge in [-0.1, -0.05) is 0 Å². The maximum absolute atomic E-state index is 12.9. The van der Waals surface area contributed by atoms with Crippen LogP contribution < -0.4 is 4.90 Å². The molecule has 0 bridgehead atoms. The zero-order valence-corrected chi connectivity index (χ0v) is 13.4. The van der Waals surface area contributed by atoms with Crippen molar-refractivity contribution in [1.29, 1.82) is 0 Å². The summed E-state index contributed by atoms with van der Waals surface area (Å²) in [7, 11) is 0. The van der Waals surface area contributed by atoms with E-state index in [1.54, 1.807) is 4.90 Å². The van der Waals surface area contributed by atoms with Gasteiger partial charge in [0.2, 0.25) is 0 Å². The van der Waals surface area contributed by atoms with Crippen molar-refractivity contribution >= 4 is 5.82 Å². The van der Waals surface area contributed by atoms with Gasteiger partial charge in [-0.3, -0.25) is 0 Å². The van der Waals surface area contributed by atoms with Crippen LogP contribution in [0.15, 0.2) is 18.3 Å². The lowest BCUT2D eigenvalue weighted by Gasteiger charge is -2.34. The number of hydrogen-bond acceptors (Lipinski definition) is 5. The minimum absolute atomic E-state index is 0.180. The summed E-state index contributed by atoms with van der Waals surface area (Å²) in [6, 6.07) is 1.98. The molecule has 8 heteroatoms. The Kier molecular flexibility index (Phi) is 4.98. The van der Waals surface area contributed by atoms with Crippen molar-refractivity contribution in [2.45, 2.75) is 24.6 Å². The molecule has 3 heterocycles. The van der Waals surface area contributed by atoms with Crippen molar-refractivity contribution < 1.29 is 23.0 Å². The smallest absolute Gasteiger partial charge is 0.384 e. The molecule has 3 rings (SSSR count). The van der Waals surface area contributed by atoms with Gasteiger partial charge in [0.15, 0.2) is 0 Å². The van der Waals surface area contributed by atoms with Crippen molar-refractivity contribution in [3.63, 3.8) is 0 Å². The molecular weight excluding hydrogens is 323 g/mol. The highest BCUT2D eigenvalue weighted by Crippen LogP contribution is 2.31. The number of aliphatic hydroxyl groups is 1. The molecule has 1 unspecified atom stereocenters. The van der Waals surface area contributed by atoms with E-state index in [1.165, 1.54) is 0 Å². The fraction of sp³-hybridized carbons (Fsp3) is 0.688. The number of β-amino-alcohol motifs (C(OH)–C–C–N with tert-alkyl or cyclic N) is 1. The number of pyridine rings is 1. The summed E-state index contributed by atoms with van der Waals surface area (Å²) in [5.74, 6) is 0.218. The highest BCUT2D eigenvalue weighted by Gasteiger charge is 2.36. The molecule has 2 aliphatic rings. The van der Waals surface area contributed by atoms with Crippen LogP contribution in [0.2, 0.25) is 0 Å². The number of nitrogens with zero attached hydrogens (tertiary/aromatic N) is 3. The van der Waals surface area contributed by atoms with Crippen LogP contribution in [0, 0.1) is 0 Å². The Labute approximate surface area is 139 Å². The van der Waals surface area contributed by atoms with Crippen molar-refractivity contribution in [2.24, 2.45) is 0 Å². The van der Waals surface area contributed by atoms with Gasteiger partial charge in [0.1, 0.15) is 11.4 Å². The Balaban J connectivity index is 1.77. The van der Waals surface area contributed by atoms with Gasteiger partial charge in [-0.25, -0.2) is 4.98 Å². The van der Waals surface area contributed by atoms with Crippen LogP contribution in [0.5, 0.6) is 0 Å². The Morgan fingerprint density at radius 3 is 2.71 bits per heavy atom. The first-order valence-corrected chi connectivity index (χ1v) is 8.16. The molecule has 2 fully saturated rings. The summed E-state index contributed by atoms with van der Waals surface area (Å²) >= 11 is 0. The number of ether oxygens (including phenoxy) is 1. The van der Waals surface area contributed by atoms with Crippen molar-refractivity contribution in [2.75, 3.05) is 50.8 Å². The van der Waals surface area contributed by atoms with Gasteiger partial charge in [0, 0.05) is 19.3 Å². The molecular formula is C16H22F3N3O2. The molecule has 0 aliphatic carbocycles. The van der Waals surface area contributed by atoms with Crippen LogP contribution in [0.4, 0.5) is 19.0 Å². The first kappa shape index (κ1) is 17.4. The topological polar surface area (TPSA) is 48.8 Å². The van der Waals surface area contributed by atoms with Crippen LogP contribution in [-0.2, 0) is 10.9 Å². The van der Waals surface area contributed by atoms with Crippen LogP contribution in [-0.4, -0.2) is 66.5 Å². The van der Waals surface area contributed by atoms with Gasteiger partial charge >= 0.3 is 6.18 Å². The summed E-state index contributed by atoms with van der Waals surface area (Å²) < 4.78 is 44.2. The summed E-state index contributed by atoms with van der Waals surface area (Å²) in [4.78, 5) is 7.91. The number of anilines is 1. The van der Waals surface area contributed by atoms with E-state index in [2.05, 4.69) is 9.88 Å². The molecule has 0 radical (unpaired) electrons. The summed E-state index contributed by atoms with van der Waals surface area (Å²) in [6.07, 6.45) is -1.04. The normalized spacial score (nSPS) is 26.6. The van der Waals surface area contributed by atoms with Gasteiger partial charge in [0.25, 0.3) is 0 Å². The molecule has 2 saturated heterocycles. The second-order valence-corrected chi connectivity index (χ2v) is 6.58. The second kappa shape index (κ2) is 6.85. The third-order valence-electron chi connectivity index (χ3n) is 4.47. The third kappa shape index (κ3) is 4.17. The number of likely N-dealkylation sites (tertiary alicyclic amines) is 1. The monoisotopic (exact) mass is 345 g/mol. The molecule has 1 atom stereocenters. The average molecular weight is 345 g/mol. The highest BCUT2D eigenvalue weighted by atomic mass is 19.4. The fourth-order valence-corrected chi connectivity index (χ4v) is 3.33. The van der Waals surface area contributed by atoms with E-state index in [9.17, 15) is 18.3 Å². The number of halogens is 3. The second-order valence-electron chi connectivity index (χ2n) is 6.58. The molecule has 0 amide bonds. The van der Waals surface area contributed by atoms with Crippen molar-refractivity contribution in [3.05, 3.63) is 23.9 Å². The lowest BCUT2D eigenvalue weighted by atomic mass is 10.0. The van der Waals surface area contributed by atoms with Gasteiger partial charge < -0.3 is 19.6 Å². The molecule has 1 aromatic rings. The third-order valence-corrected chi connectivity index (χ3v) is 4.47. The first-order valence-electron chi connectivity index (χ1n) is 8.16. The molecule has 0 saturated carbocycles. The predicted molar refractivity (Wildman–Crippen MR) is 82.9 cm³/mol. The summed E-state index contributed by atoms with van der Waals surface area (Å²) in [5, 5.41) is 10.9. The zero-order chi connectivity index (χ0) is 17.2. The van der Waals surface area contributed by atoms with Crippen LogP contribution in [0.25, 0.3) is 0 Å². The maximum atomic E-state index is 12.9. The van der Waals surface area contributed by atoms with Gasteiger partial charge in [-0.05, 0) is 38.1 Å². The minimum Gasteiger partial charge on any atom is -0.384 e. The van der Waals surface area contributed by atoms with Gasteiger partial charge in [0.05, 0.1) is 25.3 Å². The first-order chi connectivity index (χ1) is 11.4. The van der Waals surface area contributed by atoms with E-state index < -0.39 is 17.3 Å². The van der Waals surface area contributed by atoms with Gasteiger partial charge in [-0.2, -0.15) is 13.2 Å². The Morgan fingerprint density at radius 2 is 2.00 bits per heavy atom. The van der Waals surface area contributed by atoms with Crippen LogP contribution in [0.3, 0.4) is 0 Å². The lowest BCUT2D eigenvalue weighted by molar-refractivity contribution is -0.137. The number of rotatable bonds is 3. The molecule has 0 aromatic carbocycles. The van der Waals surface area contributed by atoms with Crippen molar-refractivity contribution in [1.82, 2.24) is 9.88 Å². The van der Waals surface area contributed by atoms with Crippen LogP contribution in [0.1, 0.15) is 18.4 Å². The number of aromatic nitrogens is 1. The molecule has 24 heavy (non-hydrogen) atoms. The number of hydrogen-bond donors (Lipinski definition) is 1. The van der Waals surface area contributed by atoms with E-state index >= 15 is 0 Å². The Hall–Kier alpha value is -1.38. The minimum atomic E-state index is -4.41. The Bertz CT molecular complexity index is 564. The zero-order valence-electron chi connectivity index (χ0n) is 13.4. The standard InChI is InChI=1S/C16H22F3N3O2/c17-16(18,19)13-3-4-20-14(9-13)22-7-8-24-12-15(23,11-22)10-21-5-1-2-6-21/h3-4,9,23H,1-2,5-8,10-12H2. The van der Waals surface area contributed by atoms with E-state index in [0.717, 1.165) is 44.3 Å². The average Bonchev–Trinajstić information content (AvgIpc) is 2.94. The van der Waals surface area contributed by atoms with Crippen molar-refractivity contribution in [3.8, 4) is 0 Å². The number of alkyl halides is 3. The Morgan fingerprint density at radius 1 is 1.25 bits per heavy atom. The van der Waals surface area contributed by atoms with Crippen LogP contribution >= 0.6 is 0 Å². The van der Waals surface area contributed by atoms with E-state index in [1.807, 2.05) is 0 Å². The quantitative estimate of drug-likeness (QED) is 0.905. The highest BCUT2D eigenvalue weighted by molar-refractivity contribution is 5.42. The molecule has 2 aliphatic heterocycles. The largest absolute Gasteiger partial charge is 0.416 e. The van der Waals surface area contributed by atoms with E-state index in [4.69, 9.17) is 4.74 Å². The van der Waals surface area contributed by atoms with E-state index in [-0.39, 0.29) is 19.0 Å². The molecule has 5 nitrogen and oxygen atoms in total. The maximum Gasteiger partial charge on any atom is 0.416 e. The molecule has 1 N–H and O–H groups in total. The SMILES string of the molecule is OC1(CN2CCCC2)COCCN(c2cc(C(F)(F)F)ccn2)C1. The molecule has 134 valence electrons. The van der Waals surface area contributed by atoms with Gasteiger partial charge in [-0.15, -0.1) is 0 Å². The molecule has 0 spiro atoms. The summed E-state index contributed by atoms with van der Waals surface area (Å²) in [5.41, 5.74) is -1.85. The van der Waals surface area contributed by atoms with E-state index in [0.29, 0.717) is 19.7 Å². The molecule has 1 aromatic heterocycles. The fourth-order valence-electron chi connectivity index (χ4n) is 3.33.